The van der Waals surface area contributed by atoms with Gasteiger partial charge in [-0.25, -0.2) is 0 Å². The highest BCUT2D eigenvalue weighted by molar-refractivity contribution is 7.10. The van der Waals surface area contributed by atoms with Crippen molar-refractivity contribution in [2.24, 2.45) is 5.92 Å². The first-order valence-electron chi connectivity index (χ1n) is 4.55. The zero-order chi connectivity index (χ0) is 9.84. The SMILES string of the molecule is CCC(C)CC(O)c1cc(Cl)cs1. The number of aliphatic hydroxyl groups is 1. The molecule has 0 aromatic carbocycles. The van der Waals surface area contributed by atoms with Crippen LogP contribution in [0.4, 0.5) is 0 Å². The van der Waals surface area contributed by atoms with Gasteiger partial charge < -0.3 is 5.11 Å². The highest BCUT2D eigenvalue weighted by Crippen LogP contribution is 2.29. The Balaban J connectivity index is 2.53. The van der Waals surface area contributed by atoms with Gasteiger partial charge in [0.25, 0.3) is 0 Å². The Labute approximate surface area is 88.4 Å². The van der Waals surface area contributed by atoms with Crippen molar-refractivity contribution in [1.29, 1.82) is 0 Å². The quantitative estimate of drug-likeness (QED) is 0.814. The largest absolute Gasteiger partial charge is 0.388 e. The van der Waals surface area contributed by atoms with E-state index in [0.29, 0.717) is 5.92 Å². The molecule has 0 fully saturated rings. The molecule has 0 spiro atoms. The van der Waals surface area contributed by atoms with Crippen LogP contribution < -0.4 is 0 Å². The molecule has 0 aliphatic rings. The molecule has 2 unspecified atom stereocenters. The Bertz CT molecular complexity index is 259. The summed E-state index contributed by atoms with van der Waals surface area (Å²) in [6, 6.07) is 1.85. The van der Waals surface area contributed by atoms with Gasteiger partial charge in [0.05, 0.1) is 11.1 Å². The molecule has 0 bridgehead atoms. The molecule has 0 radical (unpaired) electrons. The normalized spacial score (nSPS) is 15.7. The third-order valence-electron chi connectivity index (χ3n) is 2.24. The average molecular weight is 219 g/mol. The van der Waals surface area contributed by atoms with Crippen molar-refractivity contribution in [3.8, 4) is 0 Å². The van der Waals surface area contributed by atoms with Crippen LogP contribution in [0.2, 0.25) is 5.02 Å². The van der Waals surface area contributed by atoms with E-state index in [1.54, 1.807) is 0 Å². The van der Waals surface area contributed by atoms with Gasteiger partial charge in [0, 0.05) is 10.3 Å². The summed E-state index contributed by atoms with van der Waals surface area (Å²) in [5.74, 6) is 0.566. The molecule has 0 saturated carbocycles. The topological polar surface area (TPSA) is 20.2 Å². The molecule has 74 valence electrons. The number of hydrogen-bond donors (Lipinski definition) is 1. The number of rotatable bonds is 4. The number of halogens is 1. The van der Waals surface area contributed by atoms with Crippen LogP contribution in [0, 0.1) is 5.92 Å². The molecule has 1 nitrogen and oxygen atoms in total. The number of hydrogen-bond acceptors (Lipinski definition) is 2. The third kappa shape index (κ3) is 3.29. The summed E-state index contributed by atoms with van der Waals surface area (Å²) in [6.45, 7) is 4.29. The van der Waals surface area contributed by atoms with E-state index in [9.17, 15) is 5.11 Å². The molecular weight excluding hydrogens is 204 g/mol. The maximum absolute atomic E-state index is 9.79. The van der Waals surface area contributed by atoms with Gasteiger partial charge in [-0.2, -0.15) is 0 Å². The predicted octanol–water partition coefficient (Wildman–Crippen LogP) is 3.87. The van der Waals surface area contributed by atoms with Crippen molar-refractivity contribution in [2.45, 2.75) is 32.8 Å². The third-order valence-corrected chi connectivity index (χ3v) is 3.62. The molecule has 1 rings (SSSR count). The minimum Gasteiger partial charge on any atom is -0.388 e. The summed E-state index contributed by atoms with van der Waals surface area (Å²) in [7, 11) is 0. The van der Waals surface area contributed by atoms with E-state index in [-0.39, 0.29) is 6.10 Å². The molecule has 1 heterocycles. The van der Waals surface area contributed by atoms with E-state index in [2.05, 4.69) is 13.8 Å². The van der Waals surface area contributed by atoms with Gasteiger partial charge in [-0.15, -0.1) is 11.3 Å². The Hall–Kier alpha value is -0.0500. The lowest BCUT2D eigenvalue weighted by molar-refractivity contribution is 0.150. The number of aliphatic hydroxyl groups excluding tert-OH is 1. The summed E-state index contributed by atoms with van der Waals surface area (Å²) in [4.78, 5) is 0.977. The van der Waals surface area contributed by atoms with Crippen LogP contribution in [0.1, 0.15) is 37.7 Å². The molecule has 0 aliphatic carbocycles. The van der Waals surface area contributed by atoms with Gasteiger partial charge in [-0.3, -0.25) is 0 Å². The highest BCUT2D eigenvalue weighted by Gasteiger charge is 2.12. The Kier molecular flexibility index (Phi) is 4.23. The fraction of sp³-hybridized carbons (Fsp3) is 0.600. The summed E-state index contributed by atoms with van der Waals surface area (Å²) in [5.41, 5.74) is 0. The van der Waals surface area contributed by atoms with Gasteiger partial charge in [-0.05, 0) is 18.4 Å². The summed E-state index contributed by atoms with van der Waals surface area (Å²) in [5, 5.41) is 12.4. The molecule has 2 atom stereocenters. The second-order valence-electron chi connectivity index (χ2n) is 3.43. The Morgan fingerprint density at radius 1 is 1.62 bits per heavy atom. The maximum Gasteiger partial charge on any atom is 0.0885 e. The standard InChI is InChI=1S/C10H15ClOS/c1-3-7(2)4-9(12)10-5-8(11)6-13-10/h5-7,9,12H,3-4H2,1-2H3. The van der Waals surface area contributed by atoms with E-state index in [0.717, 1.165) is 22.7 Å². The second kappa shape index (κ2) is 4.99. The van der Waals surface area contributed by atoms with Crippen LogP contribution in [0.5, 0.6) is 0 Å². The van der Waals surface area contributed by atoms with Crippen LogP contribution in [-0.4, -0.2) is 5.11 Å². The molecule has 0 amide bonds. The lowest BCUT2D eigenvalue weighted by atomic mass is 10.0. The van der Waals surface area contributed by atoms with Crippen molar-refractivity contribution < 1.29 is 5.11 Å². The van der Waals surface area contributed by atoms with E-state index < -0.39 is 0 Å². The first-order valence-corrected chi connectivity index (χ1v) is 5.81. The van der Waals surface area contributed by atoms with Crippen LogP contribution >= 0.6 is 22.9 Å². The smallest absolute Gasteiger partial charge is 0.0885 e. The van der Waals surface area contributed by atoms with Crippen molar-refractivity contribution in [3.05, 3.63) is 21.3 Å². The molecular formula is C10H15ClOS. The van der Waals surface area contributed by atoms with Gasteiger partial charge in [0.2, 0.25) is 0 Å². The average Bonchev–Trinajstić information content (AvgIpc) is 2.51. The van der Waals surface area contributed by atoms with E-state index in [4.69, 9.17) is 11.6 Å². The van der Waals surface area contributed by atoms with Crippen LogP contribution in [0.25, 0.3) is 0 Å². The van der Waals surface area contributed by atoms with Crippen LogP contribution in [0.15, 0.2) is 11.4 Å². The minimum absolute atomic E-state index is 0.340. The minimum atomic E-state index is -0.340. The fourth-order valence-corrected chi connectivity index (χ4v) is 2.25. The van der Waals surface area contributed by atoms with Gasteiger partial charge in [0.15, 0.2) is 0 Å². The van der Waals surface area contributed by atoms with Crippen molar-refractivity contribution in [1.82, 2.24) is 0 Å². The summed E-state index contributed by atoms with van der Waals surface area (Å²) in [6.07, 6.45) is 1.59. The summed E-state index contributed by atoms with van der Waals surface area (Å²) >= 11 is 7.30. The molecule has 13 heavy (non-hydrogen) atoms. The monoisotopic (exact) mass is 218 g/mol. The summed E-state index contributed by atoms with van der Waals surface area (Å²) < 4.78 is 0. The van der Waals surface area contributed by atoms with E-state index in [1.807, 2.05) is 11.4 Å². The number of thiophene rings is 1. The molecule has 3 heteroatoms. The zero-order valence-electron chi connectivity index (χ0n) is 7.96. The fourth-order valence-electron chi connectivity index (χ4n) is 1.17. The van der Waals surface area contributed by atoms with Crippen molar-refractivity contribution in [2.75, 3.05) is 0 Å². The highest BCUT2D eigenvalue weighted by atomic mass is 35.5. The van der Waals surface area contributed by atoms with Crippen molar-refractivity contribution in [3.63, 3.8) is 0 Å². The zero-order valence-corrected chi connectivity index (χ0v) is 9.53. The molecule has 1 aromatic rings. The first-order chi connectivity index (χ1) is 6.13. The van der Waals surface area contributed by atoms with Crippen LogP contribution in [0.3, 0.4) is 0 Å². The lowest BCUT2D eigenvalue weighted by Crippen LogP contribution is -2.01. The molecule has 1 aromatic heterocycles. The Morgan fingerprint density at radius 2 is 2.31 bits per heavy atom. The van der Waals surface area contributed by atoms with Crippen LogP contribution in [-0.2, 0) is 0 Å². The second-order valence-corrected chi connectivity index (χ2v) is 4.81. The Morgan fingerprint density at radius 3 is 2.77 bits per heavy atom. The van der Waals surface area contributed by atoms with Gasteiger partial charge >= 0.3 is 0 Å². The van der Waals surface area contributed by atoms with Gasteiger partial charge in [-0.1, -0.05) is 31.9 Å². The maximum atomic E-state index is 9.79. The first kappa shape index (κ1) is 11.0. The van der Waals surface area contributed by atoms with Crippen molar-refractivity contribution >= 4 is 22.9 Å². The van der Waals surface area contributed by atoms with E-state index >= 15 is 0 Å². The predicted molar refractivity (Wildman–Crippen MR) is 58.4 cm³/mol. The van der Waals surface area contributed by atoms with Gasteiger partial charge in [0.1, 0.15) is 0 Å². The molecule has 0 aliphatic heterocycles. The molecule has 0 saturated heterocycles. The molecule has 1 N–H and O–H groups in total. The lowest BCUT2D eigenvalue weighted by Gasteiger charge is -2.12. The van der Waals surface area contributed by atoms with E-state index in [1.165, 1.54) is 11.3 Å².